The van der Waals surface area contributed by atoms with Crippen molar-refractivity contribution in [2.45, 2.75) is 66.1 Å². The normalized spacial score (nSPS) is 14.7. The lowest BCUT2D eigenvalue weighted by Gasteiger charge is -2.39. The molecule has 1 saturated heterocycles. The summed E-state index contributed by atoms with van der Waals surface area (Å²) in [6, 6.07) is 12.1. The van der Waals surface area contributed by atoms with Gasteiger partial charge < -0.3 is 23.6 Å². The molecule has 4 aromatic rings. The number of esters is 1. The van der Waals surface area contributed by atoms with Crippen LogP contribution in [0.4, 0.5) is 0 Å². The van der Waals surface area contributed by atoms with E-state index in [4.69, 9.17) is 20.9 Å². The zero-order valence-electron chi connectivity index (χ0n) is 24.3. The largest absolute Gasteiger partial charge is 0.465 e. The van der Waals surface area contributed by atoms with Crippen LogP contribution in [0.5, 0.6) is 0 Å². The van der Waals surface area contributed by atoms with Crippen molar-refractivity contribution in [2.75, 3.05) is 26.2 Å². The van der Waals surface area contributed by atoms with E-state index in [0.29, 0.717) is 34.1 Å². The third-order valence-corrected chi connectivity index (χ3v) is 9.17. The number of carbonyl (C=O) groups is 2. The van der Waals surface area contributed by atoms with Crippen LogP contribution in [0, 0.1) is 13.8 Å². The smallest absolute Gasteiger partial charge is 0.325 e. The van der Waals surface area contributed by atoms with Crippen molar-refractivity contribution in [1.29, 1.82) is 0 Å². The maximum atomic E-state index is 14.5. The third-order valence-electron chi connectivity index (χ3n) is 7.93. The van der Waals surface area contributed by atoms with Crippen LogP contribution in [-0.4, -0.2) is 69.7 Å². The molecule has 1 fully saturated rings. The van der Waals surface area contributed by atoms with E-state index in [1.165, 1.54) is 11.3 Å². The molecular formula is C31H37ClN4O4S. The Labute approximate surface area is 249 Å². The number of aromatic nitrogens is 2. The molecule has 0 radical (unpaired) electrons. The molecule has 8 nitrogen and oxygen atoms in total. The van der Waals surface area contributed by atoms with E-state index in [1.807, 2.05) is 42.7 Å². The van der Waals surface area contributed by atoms with E-state index in [-0.39, 0.29) is 25.1 Å². The number of hydrogen-bond donors (Lipinski definition) is 0. The van der Waals surface area contributed by atoms with Gasteiger partial charge in [-0.05, 0) is 76.8 Å². The molecule has 1 amide bonds. The molecular weight excluding hydrogens is 560 g/mol. The van der Waals surface area contributed by atoms with Gasteiger partial charge in [-0.15, -0.1) is 11.3 Å². The summed E-state index contributed by atoms with van der Waals surface area (Å²) in [6.45, 7) is 12.6. The van der Waals surface area contributed by atoms with Crippen molar-refractivity contribution in [1.82, 2.24) is 19.5 Å². The predicted molar refractivity (Wildman–Crippen MR) is 163 cm³/mol. The number of aryl methyl sites for hydroxylation is 2. The van der Waals surface area contributed by atoms with Gasteiger partial charge in [0.15, 0.2) is 5.76 Å². The minimum Gasteiger partial charge on any atom is -0.465 e. The van der Waals surface area contributed by atoms with E-state index in [1.54, 1.807) is 11.8 Å². The maximum Gasteiger partial charge on any atom is 0.325 e. The van der Waals surface area contributed by atoms with Crippen molar-refractivity contribution in [3.8, 4) is 10.6 Å². The minimum atomic E-state index is -0.391. The molecule has 5 rings (SSSR count). The summed E-state index contributed by atoms with van der Waals surface area (Å²) in [4.78, 5) is 32.2. The number of hydrogen-bond acceptors (Lipinski definition) is 7. The van der Waals surface area contributed by atoms with Crippen molar-refractivity contribution < 1.29 is 18.8 Å². The van der Waals surface area contributed by atoms with Crippen molar-refractivity contribution >= 4 is 45.7 Å². The van der Waals surface area contributed by atoms with Gasteiger partial charge in [-0.2, -0.15) is 0 Å². The van der Waals surface area contributed by atoms with Crippen LogP contribution in [-0.2, 0) is 16.1 Å². The summed E-state index contributed by atoms with van der Waals surface area (Å²) in [5.41, 5.74) is 4.33. The first-order chi connectivity index (χ1) is 19.7. The predicted octanol–water partition coefficient (Wildman–Crippen LogP) is 6.55. The third kappa shape index (κ3) is 6.22. The summed E-state index contributed by atoms with van der Waals surface area (Å²) in [7, 11) is 0. The number of rotatable bonds is 9. The highest BCUT2D eigenvalue weighted by atomic mass is 35.5. The summed E-state index contributed by atoms with van der Waals surface area (Å²) in [6.07, 6.45) is 1.61. The molecule has 0 saturated carbocycles. The highest BCUT2D eigenvalue weighted by molar-refractivity contribution is 7.19. The van der Waals surface area contributed by atoms with Gasteiger partial charge in [0, 0.05) is 36.6 Å². The van der Waals surface area contributed by atoms with Crippen LogP contribution < -0.4 is 0 Å². The Morgan fingerprint density at radius 1 is 1.15 bits per heavy atom. The van der Waals surface area contributed by atoms with E-state index >= 15 is 0 Å². The van der Waals surface area contributed by atoms with Crippen LogP contribution >= 0.6 is 22.9 Å². The number of halogens is 1. The fourth-order valence-electron chi connectivity index (χ4n) is 5.72. The van der Waals surface area contributed by atoms with E-state index < -0.39 is 5.97 Å². The number of ether oxygens (including phenoxy) is 1. The van der Waals surface area contributed by atoms with Gasteiger partial charge in [0.1, 0.15) is 17.9 Å². The first kappa shape index (κ1) is 29.4. The van der Waals surface area contributed by atoms with Gasteiger partial charge in [0.25, 0.3) is 5.91 Å². The highest BCUT2D eigenvalue weighted by Gasteiger charge is 2.33. The molecule has 0 spiro atoms. The fourth-order valence-corrected chi connectivity index (χ4v) is 6.71. The van der Waals surface area contributed by atoms with Gasteiger partial charge >= 0.3 is 5.97 Å². The van der Waals surface area contributed by atoms with Gasteiger partial charge in [-0.25, -0.2) is 0 Å². The Kier molecular flexibility index (Phi) is 8.87. The molecule has 10 heteroatoms. The Hall–Kier alpha value is -3.14. The molecule has 218 valence electrons. The zero-order chi connectivity index (χ0) is 29.3. The second kappa shape index (κ2) is 12.4. The zero-order valence-corrected chi connectivity index (χ0v) is 25.8. The number of piperidine rings is 1. The van der Waals surface area contributed by atoms with Crippen molar-refractivity contribution in [3.63, 3.8) is 0 Å². The quantitative estimate of drug-likeness (QED) is 0.204. The fraction of sp³-hybridized carbons (Fsp3) is 0.452. The molecule has 1 aliphatic heterocycles. The van der Waals surface area contributed by atoms with Crippen LogP contribution in [0.15, 0.2) is 40.9 Å². The minimum absolute atomic E-state index is 0.0576. The standard InChI is InChI=1S/C31H37ClN4O4S/c1-6-39-29(37)18-35(23-11-13-34(14-12-23)19(2)3)31(38)25-16-24-20(4)7-8-21(5)30(24)36(25)17-22-15-26(40-33-22)27-9-10-28(32)41-27/h7-10,15-16,19,23H,6,11-14,17-18H2,1-5H3. The van der Waals surface area contributed by atoms with Crippen LogP contribution in [0.1, 0.15) is 60.9 Å². The molecule has 0 atom stereocenters. The highest BCUT2D eigenvalue weighted by Crippen LogP contribution is 2.33. The number of amides is 1. The summed E-state index contributed by atoms with van der Waals surface area (Å²) < 4.78 is 13.6. The number of carbonyl (C=O) groups excluding carboxylic acids is 2. The average Bonchev–Trinajstić information content (AvgIpc) is 3.69. The van der Waals surface area contributed by atoms with Crippen molar-refractivity contribution in [2.24, 2.45) is 0 Å². The Bertz CT molecular complexity index is 1550. The first-order valence-corrected chi connectivity index (χ1v) is 15.4. The number of fused-ring (bicyclic) bond motifs is 1. The molecule has 0 bridgehead atoms. The molecule has 3 aromatic heterocycles. The molecule has 41 heavy (non-hydrogen) atoms. The van der Waals surface area contributed by atoms with Crippen molar-refractivity contribution in [3.05, 3.63) is 63.2 Å². The van der Waals surface area contributed by atoms with Crippen LogP contribution in [0.3, 0.4) is 0 Å². The van der Waals surface area contributed by atoms with Gasteiger partial charge in [0.2, 0.25) is 0 Å². The molecule has 0 aliphatic carbocycles. The Morgan fingerprint density at radius 2 is 1.88 bits per heavy atom. The Balaban J connectivity index is 1.53. The average molecular weight is 597 g/mol. The lowest BCUT2D eigenvalue weighted by molar-refractivity contribution is -0.144. The summed E-state index contributed by atoms with van der Waals surface area (Å²) in [5, 5.41) is 5.34. The van der Waals surface area contributed by atoms with Gasteiger partial charge in [-0.1, -0.05) is 28.9 Å². The number of nitrogens with zero attached hydrogens (tertiary/aromatic N) is 4. The number of benzene rings is 1. The second-order valence-electron chi connectivity index (χ2n) is 11.0. The van der Waals surface area contributed by atoms with Crippen LogP contribution in [0.25, 0.3) is 21.5 Å². The molecule has 4 heterocycles. The van der Waals surface area contributed by atoms with E-state index in [2.05, 4.69) is 36.0 Å². The lowest BCUT2D eigenvalue weighted by atomic mass is 10.0. The molecule has 0 unspecified atom stereocenters. The topological polar surface area (TPSA) is 80.8 Å². The Morgan fingerprint density at radius 3 is 2.54 bits per heavy atom. The molecule has 1 aromatic carbocycles. The molecule has 0 N–H and O–H groups in total. The van der Waals surface area contributed by atoms with Crippen LogP contribution in [0.2, 0.25) is 4.34 Å². The van der Waals surface area contributed by atoms with Gasteiger partial charge in [0.05, 0.1) is 27.9 Å². The SMILES string of the molecule is CCOC(=O)CN(C(=O)c1cc2c(C)ccc(C)c2n1Cc1cc(-c2ccc(Cl)s2)on1)C1CCN(C(C)C)CC1. The number of thiophene rings is 1. The van der Waals surface area contributed by atoms with Gasteiger partial charge in [-0.3, -0.25) is 9.59 Å². The monoisotopic (exact) mass is 596 g/mol. The molecule has 1 aliphatic rings. The first-order valence-electron chi connectivity index (χ1n) is 14.2. The van der Waals surface area contributed by atoms with E-state index in [0.717, 1.165) is 52.8 Å². The second-order valence-corrected chi connectivity index (χ2v) is 12.7. The van der Waals surface area contributed by atoms with E-state index in [9.17, 15) is 9.59 Å². The summed E-state index contributed by atoms with van der Waals surface area (Å²) >= 11 is 7.56. The maximum absolute atomic E-state index is 14.5. The lowest BCUT2D eigenvalue weighted by Crippen LogP contribution is -2.50. The summed E-state index contributed by atoms with van der Waals surface area (Å²) in [5.74, 6) is 0.0673. The number of likely N-dealkylation sites (tertiary alicyclic amines) is 1.